The van der Waals surface area contributed by atoms with Crippen LogP contribution in [0.15, 0.2) is 66.0 Å². The fraction of sp³-hybridized carbons (Fsp3) is 0.357. The number of benzene rings is 2. The third kappa shape index (κ3) is 5.64. The second kappa shape index (κ2) is 11.1. The number of hydrogen-bond donors (Lipinski definition) is 1. The number of thiophene rings is 1. The summed E-state index contributed by atoms with van der Waals surface area (Å²) in [6, 6.07) is 18.3. The quantitative estimate of drug-likeness (QED) is 0.448. The fourth-order valence-electron chi connectivity index (χ4n) is 5.43. The molecule has 0 spiro atoms. The number of fused-ring (bicyclic) bond motifs is 1. The standard InChI is InChI=1S/C28H29ClFN3O2S/c29-23-9-4-10-24(30)27(23)28(35)33-17-20-15-32(16-21(20)18-33)12-11-25(19-6-2-1-3-7-19)31-26(34)14-22-8-5-13-36-22/h1-10,13,20-21,25H,11-12,14-18H2,(H,31,34)/t20?,21?,25-/m0/s1. The van der Waals surface area contributed by atoms with Gasteiger partial charge >= 0.3 is 0 Å². The highest BCUT2D eigenvalue weighted by atomic mass is 35.5. The molecule has 2 fully saturated rings. The predicted octanol–water partition coefficient (Wildman–Crippen LogP) is 5.03. The zero-order valence-corrected chi connectivity index (χ0v) is 21.5. The number of carbonyl (C=O) groups excluding carboxylic acids is 2. The molecule has 2 unspecified atom stereocenters. The molecule has 3 aromatic rings. The highest BCUT2D eigenvalue weighted by Crippen LogP contribution is 2.33. The van der Waals surface area contributed by atoms with E-state index in [1.54, 1.807) is 22.3 Å². The van der Waals surface area contributed by atoms with Gasteiger partial charge in [-0.15, -0.1) is 11.3 Å². The minimum atomic E-state index is -0.570. The van der Waals surface area contributed by atoms with Gasteiger partial charge in [-0.1, -0.05) is 54.1 Å². The van der Waals surface area contributed by atoms with Crippen LogP contribution in [0.2, 0.25) is 5.02 Å². The molecule has 2 amide bonds. The van der Waals surface area contributed by atoms with E-state index >= 15 is 0 Å². The van der Waals surface area contributed by atoms with Gasteiger partial charge < -0.3 is 15.1 Å². The number of carbonyl (C=O) groups is 2. The summed E-state index contributed by atoms with van der Waals surface area (Å²) in [4.78, 5) is 30.9. The smallest absolute Gasteiger partial charge is 0.258 e. The van der Waals surface area contributed by atoms with Crippen LogP contribution in [-0.4, -0.2) is 54.3 Å². The molecule has 0 bridgehead atoms. The maximum absolute atomic E-state index is 14.2. The molecule has 2 saturated heterocycles. The summed E-state index contributed by atoms with van der Waals surface area (Å²) in [5.41, 5.74) is 1.08. The summed E-state index contributed by atoms with van der Waals surface area (Å²) in [6.07, 6.45) is 1.21. The SMILES string of the molecule is O=C(Cc1cccs1)N[C@@H](CCN1CC2CN(C(=O)c3c(F)cccc3Cl)CC2C1)c1ccccc1. The van der Waals surface area contributed by atoms with Crippen LogP contribution in [0.1, 0.15) is 33.3 Å². The van der Waals surface area contributed by atoms with E-state index in [0.717, 1.165) is 36.5 Å². The lowest BCUT2D eigenvalue weighted by molar-refractivity contribution is -0.121. The molecule has 5 rings (SSSR count). The van der Waals surface area contributed by atoms with Gasteiger partial charge in [0.15, 0.2) is 0 Å². The van der Waals surface area contributed by atoms with Gasteiger partial charge in [-0.25, -0.2) is 4.39 Å². The van der Waals surface area contributed by atoms with Gasteiger partial charge in [-0.05, 0) is 47.4 Å². The van der Waals surface area contributed by atoms with Crippen molar-refractivity contribution in [3.63, 3.8) is 0 Å². The number of amides is 2. The van der Waals surface area contributed by atoms with Gasteiger partial charge in [-0.2, -0.15) is 0 Å². The normalized spacial score (nSPS) is 20.3. The van der Waals surface area contributed by atoms with Crippen molar-refractivity contribution in [2.24, 2.45) is 11.8 Å². The van der Waals surface area contributed by atoms with Crippen molar-refractivity contribution < 1.29 is 14.0 Å². The Bertz CT molecular complexity index is 1170. The first-order valence-corrected chi connectivity index (χ1v) is 13.6. The van der Waals surface area contributed by atoms with E-state index in [2.05, 4.69) is 22.3 Å². The van der Waals surface area contributed by atoms with Gasteiger partial charge in [0, 0.05) is 37.6 Å². The number of rotatable bonds is 8. The molecule has 1 N–H and O–H groups in total. The van der Waals surface area contributed by atoms with Gasteiger partial charge in [0.1, 0.15) is 5.82 Å². The molecule has 3 heterocycles. The molecule has 1 aromatic heterocycles. The molecule has 0 radical (unpaired) electrons. The summed E-state index contributed by atoms with van der Waals surface area (Å²) in [5, 5.41) is 5.38. The summed E-state index contributed by atoms with van der Waals surface area (Å²) >= 11 is 7.71. The van der Waals surface area contributed by atoms with Gasteiger partial charge in [0.05, 0.1) is 23.0 Å². The van der Waals surface area contributed by atoms with Crippen LogP contribution in [0, 0.1) is 17.7 Å². The van der Waals surface area contributed by atoms with E-state index in [4.69, 9.17) is 11.6 Å². The lowest BCUT2D eigenvalue weighted by atomic mass is 10.0. The van der Waals surface area contributed by atoms with E-state index < -0.39 is 5.82 Å². The average molecular weight is 526 g/mol. The molecule has 0 saturated carbocycles. The molecule has 5 nitrogen and oxygen atoms in total. The van der Waals surface area contributed by atoms with Gasteiger partial charge in [-0.3, -0.25) is 9.59 Å². The van der Waals surface area contributed by atoms with Crippen molar-refractivity contribution in [2.45, 2.75) is 18.9 Å². The Kier molecular flexibility index (Phi) is 7.70. The lowest BCUT2D eigenvalue weighted by Gasteiger charge is -2.25. The summed E-state index contributed by atoms with van der Waals surface area (Å²) in [5.74, 6) is -0.132. The maximum atomic E-state index is 14.2. The first-order chi connectivity index (χ1) is 17.5. The molecule has 3 atom stereocenters. The van der Waals surface area contributed by atoms with Crippen LogP contribution in [0.25, 0.3) is 0 Å². The van der Waals surface area contributed by atoms with Crippen LogP contribution in [0.4, 0.5) is 4.39 Å². The fourth-order valence-corrected chi connectivity index (χ4v) is 6.38. The number of likely N-dealkylation sites (tertiary alicyclic amines) is 2. The minimum Gasteiger partial charge on any atom is -0.349 e. The second-order valence-electron chi connectivity index (χ2n) is 9.66. The number of nitrogens with zero attached hydrogens (tertiary/aromatic N) is 2. The summed E-state index contributed by atoms with van der Waals surface area (Å²) < 4.78 is 14.2. The highest BCUT2D eigenvalue weighted by molar-refractivity contribution is 7.10. The Labute approximate surface area is 219 Å². The van der Waals surface area contributed by atoms with Crippen molar-refractivity contribution in [3.05, 3.63) is 92.9 Å². The molecule has 36 heavy (non-hydrogen) atoms. The van der Waals surface area contributed by atoms with Crippen LogP contribution in [0.3, 0.4) is 0 Å². The number of nitrogens with one attached hydrogen (secondary N) is 1. The van der Waals surface area contributed by atoms with Gasteiger partial charge in [0.2, 0.25) is 5.91 Å². The van der Waals surface area contributed by atoms with Crippen molar-refractivity contribution in [1.82, 2.24) is 15.1 Å². The average Bonchev–Trinajstić information content (AvgIpc) is 3.59. The molecular weight excluding hydrogens is 497 g/mol. The Balaban J connectivity index is 1.16. The van der Waals surface area contributed by atoms with E-state index in [9.17, 15) is 14.0 Å². The second-order valence-corrected chi connectivity index (χ2v) is 11.1. The largest absolute Gasteiger partial charge is 0.349 e. The Hall–Kier alpha value is -2.74. The van der Waals surface area contributed by atoms with Crippen LogP contribution in [-0.2, 0) is 11.2 Å². The van der Waals surface area contributed by atoms with Crippen molar-refractivity contribution >= 4 is 34.8 Å². The van der Waals surface area contributed by atoms with Crippen LogP contribution in [0.5, 0.6) is 0 Å². The van der Waals surface area contributed by atoms with Crippen molar-refractivity contribution in [2.75, 3.05) is 32.7 Å². The molecule has 2 aromatic carbocycles. The maximum Gasteiger partial charge on any atom is 0.258 e. The van der Waals surface area contributed by atoms with Crippen molar-refractivity contribution in [1.29, 1.82) is 0 Å². The molecule has 8 heteroatoms. The molecule has 188 valence electrons. The van der Waals surface area contributed by atoms with E-state index in [-0.39, 0.29) is 28.4 Å². The molecule has 0 aliphatic carbocycles. The Morgan fingerprint density at radius 3 is 2.42 bits per heavy atom. The Morgan fingerprint density at radius 2 is 1.75 bits per heavy atom. The monoisotopic (exact) mass is 525 g/mol. The Morgan fingerprint density at radius 1 is 1.00 bits per heavy atom. The van der Waals surface area contributed by atoms with Crippen LogP contribution < -0.4 is 5.32 Å². The van der Waals surface area contributed by atoms with E-state index in [1.165, 1.54) is 12.1 Å². The predicted molar refractivity (Wildman–Crippen MR) is 141 cm³/mol. The third-order valence-electron chi connectivity index (χ3n) is 7.21. The van der Waals surface area contributed by atoms with E-state index in [1.807, 2.05) is 35.7 Å². The molecular formula is C28H29ClFN3O2S. The topological polar surface area (TPSA) is 52.7 Å². The third-order valence-corrected chi connectivity index (χ3v) is 8.40. The first-order valence-electron chi connectivity index (χ1n) is 12.3. The summed E-state index contributed by atoms with van der Waals surface area (Å²) in [7, 11) is 0. The van der Waals surface area contributed by atoms with Crippen LogP contribution >= 0.6 is 22.9 Å². The highest BCUT2D eigenvalue weighted by Gasteiger charge is 2.42. The lowest BCUT2D eigenvalue weighted by Crippen LogP contribution is -2.36. The minimum absolute atomic E-state index is 0.0278. The van der Waals surface area contributed by atoms with Crippen molar-refractivity contribution in [3.8, 4) is 0 Å². The number of hydrogen-bond acceptors (Lipinski definition) is 4. The molecule has 2 aliphatic rings. The summed E-state index contributed by atoms with van der Waals surface area (Å²) in [6.45, 7) is 3.88. The van der Waals surface area contributed by atoms with Gasteiger partial charge in [0.25, 0.3) is 5.91 Å². The first kappa shape index (κ1) is 24.9. The molecule has 2 aliphatic heterocycles. The van der Waals surface area contributed by atoms with E-state index in [0.29, 0.717) is 31.3 Å². The zero-order chi connectivity index (χ0) is 25.1. The number of halogens is 2. The zero-order valence-electron chi connectivity index (χ0n) is 19.9.